The third-order valence-electron chi connectivity index (χ3n) is 3.68. The minimum absolute atomic E-state index is 0.118. The van der Waals surface area contributed by atoms with Crippen molar-refractivity contribution < 1.29 is 19.7 Å². The van der Waals surface area contributed by atoms with Gasteiger partial charge in [0.05, 0.1) is 0 Å². The van der Waals surface area contributed by atoms with Gasteiger partial charge < -0.3 is 19.7 Å². The fourth-order valence-electron chi connectivity index (χ4n) is 2.40. The zero-order valence-corrected chi connectivity index (χ0v) is 11.8. The average Bonchev–Trinajstić information content (AvgIpc) is 2.49. The van der Waals surface area contributed by atoms with Crippen LogP contribution in [0, 0.1) is 0 Å². The average molecular weight is 298 g/mol. The standard InChI is InChI=1S/C17H14O5/c1-9(10-5-6-11(18)13(20)7-10)16-8-14(21)17-12(19)3-2-4-15(17)22-16/h2-9,18-20H,1H3. The van der Waals surface area contributed by atoms with E-state index < -0.39 is 0 Å². The Balaban J connectivity index is 2.13. The van der Waals surface area contributed by atoms with E-state index in [-0.39, 0.29) is 34.0 Å². The highest BCUT2D eigenvalue weighted by atomic mass is 16.3. The molecule has 0 spiro atoms. The molecule has 22 heavy (non-hydrogen) atoms. The molecule has 3 aromatic rings. The van der Waals surface area contributed by atoms with Crippen LogP contribution in [0.1, 0.15) is 24.2 Å². The Morgan fingerprint density at radius 3 is 2.45 bits per heavy atom. The van der Waals surface area contributed by atoms with Gasteiger partial charge in [0.25, 0.3) is 0 Å². The summed E-state index contributed by atoms with van der Waals surface area (Å²) in [6, 6.07) is 10.4. The third-order valence-corrected chi connectivity index (χ3v) is 3.68. The molecule has 2 aromatic carbocycles. The Morgan fingerprint density at radius 1 is 0.955 bits per heavy atom. The summed E-state index contributed by atoms with van der Waals surface area (Å²) in [4.78, 5) is 12.2. The summed E-state index contributed by atoms with van der Waals surface area (Å²) in [5, 5.41) is 28.8. The Morgan fingerprint density at radius 2 is 1.73 bits per heavy atom. The maximum Gasteiger partial charge on any atom is 0.196 e. The molecule has 112 valence electrons. The summed E-state index contributed by atoms with van der Waals surface area (Å²) in [6.45, 7) is 1.82. The SMILES string of the molecule is CC(c1ccc(O)c(O)c1)c1cc(=O)c2c(O)cccc2o1. The number of fused-ring (bicyclic) bond motifs is 1. The highest BCUT2D eigenvalue weighted by Gasteiger charge is 2.16. The first-order valence-electron chi connectivity index (χ1n) is 6.75. The first-order chi connectivity index (χ1) is 10.5. The number of hydrogen-bond donors (Lipinski definition) is 3. The van der Waals surface area contributed by atoms with Gasteiger partial charge in [0, 0.05) is 12.0 Å². The number of rotatable bonds is 2. The second kappa shape index (κ2) is 5.11. The quantitative estimate of drug-likeness (QED) is 0.632. The van der Waals surface area contributed by atoms with E-state index in [2.05, 4.69) is 0 Å². The van der Waals surface area contributed by atoms with Crippen LogP contribution in [0.25, 0.3) is 11.0 Å². The molecule has 0 aliphatic heterocycles. The van der Waals surface area contributed by atoms with Crippen molar-refractivity contribution in [2.24, 2.45) is 0 Å². The van der Waals surface area contributed by atoms with E-state index in [0.717, 1.165) is 0 Å². The van der Waals surface area contributed by atoms with Crippen molar-refractivity contribution in [3.63, 3.8) is 0 Å². The van der Waals surface area contributed by atoms with E-state index in [1.54, 1.807) is 18.2 Å². The summed E-state index contributed by atoms with van der Waals surface area (Å²) in [7, 11) is 0. The molecule has 1 atom stereocenters. The third kappa shape index (κ3) is 2.26. The van der Waals surface area contributed by atoms with Gasteiger partial charge in [-0.05, 0) is 29.8 Å². The molecule has 0 aliphatic carbocycles. The lowest BCUT2D eigenvalue weighted by Crippen LogP contribution is -2.05. The molecule has 0 fully saturated rings. The fourth-order valence-corrected chi connectivity index (χ4v) is 2.40. The monoisotopic (exact) mass is 298 g/mol. The van der Waals surface area contributed by atoms with Crippen LogP contribution in [0.15, 0.2) is 51.7 Å². The second-order valence-electron chi connectivity index (χ2n) is 5.13. The summed E-state index contributed by atoms with van der Waals surface area (Å²) >= 11 is 0. The molecule has 0 aliphatic rings. The van der Waals surface area contributed by atoms with E-state index in [4.69, 9.17) is 4.42 Å². The van der Waals surface area contributed by atoms with Crippen molar-refractivity contribution in [3.8, 4) is 17.2 Å². The van der Waals surface area contributed by atoms with Gasteiger partial charge in [0.1, 0.15) is 22.5 Å². The van der Waals surface area contributed by atoms with Crippen LogP contribution in [0.2, 0.25) is 0 Å². The lowest BCUT2D eigenvalue weighted by molar-refractivity contribution is 0.402. The van der Waals surface area contributed by atoms with E-state index in [1.807, 2.05) is 6.92 Å². The molecule has 0 amide bonds. The maximum absolute atomic E-state index is 12.2. The van der Waals surface area contributed by atoms with Crippen molar-refractivity contribution in [2.75, 3.05) is 0 Å². The minimum Gasteiger partial charge on any atom is -0.507 e. The maximum atomic E-state index is 12.2. The fraction of sp³-hybridized carbons (Fsp3) is 0.118. The lowest BCUT2D eigenvalue weighted by Gasteiger charge is -2.13. The molecule has 1 aromatic heterocycles. The van der Waals surface area contributed by atoms with Crippen LogP contribution in [-0.4, -0.2) is 15.3 Å². The van der Waals surface area contributed by atoms with Crippen LogP contribution < -0.4 is 5.43 Å². The van der Waals surface area contributed by atoms with Crippen LogP contribution in [0.4, 0.5) is 0 Å². The molecule has 1 heterocycles. The molecule has 0 radical (unpaired) electrons. The second-order valence-corrected chi connectivity index (χ2v) is 5.13. The van der Waals surface area contributed by atoms with Gasteiger partial charge in [0.2, 0.25) is 0 Å². The smallest absolute Gasteiger partial charge is 0.196 e. The van der Waals surface area contributed by atoms with E-state index in [1.165, 1.54) is 24.3 Å². The molecule has 0 saturated heterocycles. The number of benzene rings is 2. The van der Waals surface area contributed by atoms with Crippen molar-refractivity contribution >= 4 is 11.0 Å². The molecule has 0 saturated carbocycles. The van der Waals surface area contributed by atoms with E-state index >= 15 is 0 Å². The first-order valence-corrected chi connectivity index (χ1v) is 6.75. The Hall–Kier alpha value is -2.95. The predicted molar refractivity (Wildman–Crippen MR) is 81.4 cm³/mol. The van der Waals surface area contributed by atoms with Crippen LogP contribution >= 0.6 is 0 Å². The summed E-state index contributed by atoms with van der Waals surface area (Å²) < 4.78 is 5.71. The molecule has 1 unspecified atom stereocenters. The normalized spacial score (nSPS) is 12.4. The van der Waals surface area contributed by atoms with Crippen molar-refractivity contribution in [2.45, 2.75) is 12.8 Å². The zero-order chi connectivity index (χ0) is 15.9. The molecule has 0 bridgehead atoms. The summed E-state index contributed by atoms with van der Waals surface area (Å²) in [5.41, 5.74) is 0.666. The van der Waals surface area contributed by atoms with Gasteiger partial charge in [-0.3, -0.25) is 4.79 Å². The largest absolute Gasteiger partial charge is 0.507 e. The van der Waals surface area contributed by atoms with Gasteiger partial charge >= 0.3 is 0 Å². The Bertz CT molecular complexity index is 911. The van der Waals surface area contributed by atoms with Gasteiger partial charge in [0.15, 0.2) is 16.9 Å². The minimum atomic E-state index is -0.329. The highest BCUT2D eigenvalue weighted by molar-refractivity contribution is 5.82. The Labute approximate surface area is 125 Å². The molecular formula is C17H14O5. The molecular weight excluding hydrogens is 284 g/mol. The van der Waals surface area contributed by atoms with Crippen molar-refractivity contribution in [1.82, 2.24) is 0 Å². The van der Waals surface area contributed by atoms with E-state index in [9.17, 15) is 20.1 Å². The molecule has 5 nitrogen and oxygen atoms in total. The van der Waals surface area contributed by atoms with Crippen LogP contribution in [0.5, 0.6) is 17.2 Å². The van der Waals surface area contributed by atoms with Gasteiger partial charge in [-0.1, -0.05) is 19.1 Å². The number of aromatic hydroxyl groups is 3. The number of hydrogen-bond acceptors (Lipinski definition) is 5. The Kier molecular flexibility index (Phi) is 3.25. The van der Waals surface area contributed by atoms with Crippen molar-refractivity contribution in [3.05, 3.63) is 64.0 Å². The molecule has 3 rings (SSSR count). The van der Waals surface area contributed by atoms with Crippen LogP contribution in [-0.2, 0) is 0 Å². The molecule has 5 heteroatoms. The predicted octanol–water partition coefficient (Wildman–Crippen LogP) is 3.06. The summed E-state index contributed by atoms with van der Waals surface area (Å²) in [6.07, 6.45) is 0. The highest BCUT2D eigenvalue weighted by Crippen LogP contribution is 2.32. The summed E-state index contributed by atoms with van der Waals surface area (Å²) in [5.74, 6) is -0.446. The lowest BCUT2D eigenvalue weighted by atomic mass is 9.97. The van der Waals surface area contributed by atoms with Gasteiger partial charge in [-0.2, -0.15) is 0 Å². The van der Waals surface area contributed by atoms with Crippen molar-refractivity contribution in [1.29, 1.82) is 0 Å². The first kappa shape index (κ1) is 14.0. The number of phenols is 3. The zero-order valence-electron chi connectivity index (χ0n) is 11.8. The topological polar surface area (TPSA) is 90.9 Å². The molecule has 3 N–H and O–H groups in total. The number of phenolic OH excluding ortho intramolecular Hbond substituents is 3. The van der Waals surface area contributed by atoms with Gasteiger partial charge in [-0.15, -0.1) is 0 Å². The van der Waals surface area contributed by atoms with Gasteiger partial charge in [-0.25, -0.2) is 0 Å². The van der Waals surface area contributed by atoms with E-state index in [0.29, 0.717) is 16.9 Å². The van der Waals surface area contributed by atoms with Crippen LogP contribution in [0.3, 0.4) is 0 Å².